The molecule has 2 heterocycles. The topological polar surface area (TPSA) is 68.0 Å². The number of rotatable bonds is 5. The van der Waals surface area contributed by atoms with Crippen molar-refractivity contribution in [2.45, 2.75) is 26.7 Å². The summed E-state index contributed by atoms with van der Waals surface area (Å²) in [6, 6.07) is 9.59. The largest absolute Gasteiger partial charge is 0.334 e. The van der Waals surface area contributed by atoms with Gasteiger partial charge >= 0.3 is 0 Å². The van der Waals surface area contributed by atoms with Crippen molar-refractivity contribution in [3.05, 3.63) is 56.5 Å². The smallest absolute Gasteiger partial charge is 0.260 e. The van der Waals surface area contributed by atoms with E-state index in [2.05, 4.69) is 31.4 Å². The highest BCUT2D eigenvalue weighted by Crippen LogP contribution is 2.30. The normalized spacial score (nSPS) is 11.4. The number of nitrogens with zero attached hydrogens (tertiary/aromatic N) is 2. The van der Waals surface area contributed by atoms with Crippen molar-refractivity contribution in [2.75, 3.05) is 5.32 Å². The standard InChI is InChI=1S/C19H18BrN3O2S/c1-11(2)18-22-19(25-23-18)14-6-4-5-12(3)17(14)21-16(24)10-8-13-7-9-15(20)26-13/h4-11H,1-3H3,(H,21,24)/b10-8+. The molecule has 0 bridgehead atoms. The van der Waals surface area contributed by atoms with Gasteiger partial charge in [-0.15, -0.1) is 11.3 Å². The van der Waals surface area contributed by atoms with Crippen LogP contribution in [0.1, 0.15) is 36.0 Å². The van der Waals surface area contributed by atoms with Gasteiger partial charge < -0.3 is 9.84 Å². The minimum atomic E-state index is -0.214. The minimum absolute atomic E-state index is 0.170. The van der Waals surface area contributed by atoms with Crippen LogP contribution in [0, 0.1) is 6.92 Å². The quantitative estimate of drug-likeness (QED) is 0.530. The van der Waals surface area contributed by atoms with Gasteiger partial charge in [0.05, 0.1) is 15.0 Å². The predicted octanol–water partition coefficient (Wildman–Crippen LogP) is 5.64. The van der Waals surface area contributed by atoms with E-state index >= 15 is 0 Å². The van der Waals surface area contributed by atoms with E-state index in [1.807, 2.05) is 51.1 Å². The molecule has 0 fully saturated rings. The molecule has 0 aliphatic heterocycles. The Labute approximate surface area is 164 Å². The zero-order chi connectivity index (χ0) is 18.7. The van der Waals surface area contributed by atoms with E-state index in [1.54, 1.807) is 17.4 Å². The number of aromatic nitrogens is 2. The summed E-state index contributed by atoms with van der Waals surface area (Å²) in [7, 11) is 0. The van der Waals surface area contributed by atoms with Crippen molar-refractivity contribution in [1.29, 1.82) is 0 Å². The van der Waals surface area contributed by atoms with E-state index in [0.29, 0.717) is 23.0 Å². The van der Waals surface area contributed by atoms with E-state index in [4.69, 9.17) is 4.52 Å². The van der Waals surface area contributed by atoms with Gasteiger partial charge in [-0.05, 0) is 52.7 Å². The fourth-order valence-corrected chi connectivity index (χ4v) is 3.66. The molecule has 134 valence electrons. The maximum absolute atomic E-state index is 12.4. The summed E-state index contributed by atoms with van der Waals surface area (Å²) in [5, 5.41) is 6.94. The predicted molar refractivity (Wildman–Crippen MR) is 108 cm³/mol. The molecule has 0 aliphatic rings. The first-order valence-corrected chi connectivity index (χ1v) is 9.73. The summed E-state index contributed by atoms with van der Waals surface area (Å²) >= 11 is 4.97. The number of amides is 1. The number of hydrogen-bond donors (Lipinski definition) is 1. The van der Waals surface area contributed by atoms with Crippen LogP contribution in [0.15, 0.2) is 44.7 Å². The number of benzene rings is 1. The summed E-state index contributed by atoms with van der Waals surface area (Å²) in [5.74, 6) is 0.998. The van der Waals surface area contributed by atoms with Crippen molar-refractivity contribution in [3.63, 3.8) is 0 Å². The summed E-state index contributed by atoms with van der Waals surface area (Å²) in [4.78, 5) is 17.8. The number of para-hydroxylation sites is 1. The third-order valence-electron chi connectivity index (χ3n) is 3.70. The van der Waals surface area contributed by atoms with Gasteiger partial charge in [-0.2, -0.15) is 4.98 Å². The summed E-state index contributed by atoms with van der Waals surface area (Å²) in [5.41, 5.74) is 2.31. The number of hydrogen-bond acceptors (Lipinski definition) is 5. The SMILES string of the molecule is Cc1cccc(-c2nc(C(C)C)no2)c1NC(=O)/C=C/c1ccc(Br)s1. The number of carbonyl (C=O) groups is 1. The lowest BCUT2D eigenvalue weighted by atomic mass is 10.1. The summed E-state index contributed by atoms with van der Waals surface area (Å²) in [6.45, 7) is 5.93. The Balaban J connectivity index is 1.85. The molecule has 7 heteroatoms. The first-order valence-electron chi connectivity index (χ1n) is 8.12. The molecule has 0 spiro atoms. The van der Waals surface area contributed by atoms with Crippen molar-refractivity contribution in [1.82, 2.24) is 10.1 Å². The third-order valence-corrected chi connectivity index (χ3v) is 5.29. The average Bonchev–Trinajstić information content (AvgIpc) is 3.24. The molecule has 1 amide bonds. The monoisotopic (exact) mass is 431 g/mol. The molecule has 26 heavy (non-hydrogen) atoms. The fraction of sp³-hybridized carbons (Fsp3) is 0.211. The highest BCUT2D eigenvalue weighted by Gasteiger charge is 2.17. The van der Waals surface area contributed by atoms with E-state index in [-0.39, 0.29) is 11.8 Å². The lowest BCUT2D eigenvalue weighted by Gasteiger charge is -2.10. The van der Waals surface area contributed by atoms with Crippen molar-refractivity contribution >= 4 is 44.9 Å². The Hall–Kier alpha value is -2.25. The van der Waals surface area contributed by atoms with E-state index in [0.717, 1.165) is 14.2 Å². The van der Waals surface area contributed by atoms with Crippen molar-refractivity contribution in [2.24, 2.45) is 0 Å². The van der Waals surface area contributed by atoms with Crippen molar-refractivity contribution in [3.8, 4) is 11.5 Å². The summed E-state index contributed by atoms with van der Waals surface area (Å²) in [6.07, 6.45) is 3.30. The molecular formula is C19H18BrN3O2S. The Kier molecular flexibility index (Phi) is 5.68. The molecule has 3 aromatic rings. The average molecular weight is 432 g/mol. The molecule has 0 saturated carbocycles. The van der Waals surface area contributed by atoms with Crippen LogP contribution in [0.25, 0.3) is 17.5 Å². The first kappa shape index (κ1) is 18.5. The zero-order valence-corrected chi connectivity index (χ0v) is 17.0. The lowest BCUT2D eigenvalue weighted by molar-refractivity contribution is -0.111. The molecule has 3 rings (SSSR count). The second kappa shape index (κ2) is 7.97. The molecule has 0 saturated heterocycles. The maximum Gasteiger partial charge on any atom is 0.260 e. The van der Waals surface area contributed by atoms with Gasteiger partial charge in [0.25, 0.3) is 5.89 Å². The Bertz CT molecular complexity index is 959. The van der Waals surface area contributed by atoms with E-state index in [9.17, 15) is 4.79 Å². The van der Waals surface area contributed by atoms with E-state index in [1.165, 1.54) is 6.08 Å². The Morgan fingerprint density at radius 2 is 2.12 bits per heavy atom. The van der Waals surface area contributed by atoms with Crippen LogP contribution in [0.3, 0.4) is 0 Å². The molecule has 2 aromatic heterocycles. The molecule has 0 atom stereocenters. The second-order valence-electron chi connectivity index (χ2n) is 6.07. The van der Waals surface area contributed by atoms with Crippen LogP contribution < -0.4 is 5.32 Å². The molecule has 1 aromatic carbocycles. The van der Waals surface area contributed by atoms with Gasteiger partial charge in [-0.1, -0.05) is 31.1 Å². The zero-order valence-electron chi connectivity index (χ0n) is 14.6. The van der Waals surface area contributed by atoms with Crippen LogP contribution in [0.5, 0.6) is 0 Å². The van der Waals surface area contributed by atoms with E-state index < -0.39 is 0 Å². The minimum Gasteiger partial charge on any atom is -0.334 e. The second-order valence-corrected chi connectivity index (χ2v) is 8.57. The number of halogens is 1. The van der Waals surface area contributed by atoms with Gasteiger partial charge in [0.1, 0.15) is 0 Å². The number of carbonyl (C=O) groups excluding carboxylic acids is 1. The number of anilines is 1. The molecule has 0 radical (unpaired) electrons. The van der Waals surface area contributed by atoms with Gasteiger partial charge in [0.2, 0.25) is 5.91 Å². The molecule has 5 nitrogen and oxygen atoms in total. The maximum atomic E-state index is 12.4. The molecule has 0 aliphatic carbocycles. The third kappa shape index (κ3) is 4.28. The van der Waals surface area contributed by atoms with Crippen LogP contribution in [-0.4, -0.2) is 16.0 Å². The fourth-order valence-electron chi connectivity index (χ4n) is 2.33. The highest BCUT2D eigenvalue weighted by molar-refractivity contribution is 9.11. The van der Waals surface area contributed by atoms with Gasteiger partial charge in [0, 0.05) is 16.9 Å². The molecule has 0 unspecified atom stereocenters. The van der Waals surface area contributed by atoms with Gasteiger partial charge in [0.15, 0.2) is 5.82 Å². The van der Waals surface area contributed by atoms with Crippen LogP contribution in [-0.2, 0) is 4.79 Å². The Morgan fingerprint density at radius 3 is 2.77 bits per heavy atom. The Morgan fingerprint density at radius 1 is 1.31 bits per heavy atom. The molecular weight excluding hydrogens is 414 g/mol. The number of thiophene rings is 1. The number of aryl methyl sites for hydroxylation is 1. The highest BCUT2D eigenvalue weighted by atomic mass is 79.9. The first-order chi connectivity index (χ1) is 12.4. The lowest BCUT2D eigenvalue weighted by Crippen LogP contribution is -2.10. The summed E-state index contributed by atoms with van der Waals surface area (Å²) < 4.78 is 6.41. The van der Waals surface area contributed by atoms with Gasteiger partial charge in [-0.3, -0.25) is 4.79 Å². The van der Waals surface area contributed by atoms with Crippen LogP contribution in [0.4, 0.5) is 5.69 Å². The molecule has 1 N–H and O–H groups in total. The van der Waals surface area contributed by atoms with Crippen molar-refractivity contribution < 1.29 is 9.32 Å². The van der Waals surface area contributed by atoms with Crippen LogP contribution in [0.2, 0.25) is 0 Å². The van der Waals surface area contributed by atoms with Crippen LogP contribution >= 0.6 is 27.3 Å². The van der Waals surface area contributed by atoms with Gasteiger partial charge in [-0.25, -0.2) is 0 Å². The number of nitrogens with one attached hydrogen (secondary N) is 1.